The molecule has 0 saturated heterocycles. The monoisotopic (exact) mass is 300 g/mol. The topological polar surface area (TPSA) is 102 Å². The Hall–Kier alpha value is -1.83. The van der Waals surface area contributed by atoms with E-state index in [2.05, 4.69) is 5.32 Å². The second-order valence-electron chi connectivity index (χ2n) is 3.60. The highest BCUT2D eigenvalue weighted by atomic mass is 35.5. The van der Waals surface area contributed by atoms with Crippen LogP contribution in [0.2, 0.25) is 5.22 Å². The summed E-state index contributed by atoms with van der Waals surface area (Å²) in [4.78, 5) is 11.6. The van der Waals surface area contributed by atoms with E-state index in [9.17, 15) is 13.2 Å². The summed E-state index contributed by atoms with van der Waals surface area (Å²) in [5.74, 6) is -0.655. The lowest BCUT2D eigenvalue weighted by molar-refractivity contribution is 0.0996. The van der Waals surface area contributed by atoms with Gasteiger partial charge in [-0.25, -0.2) is 13.6 Å². The average Bonchev–Trinajstić information content (AvgIpc) is 2.75. The third kappa shape index (κ3) is 3.14. The molecule has 0 atom stereocenters. The fourth-order valence-electron chi connectivity index (χ4n) is 1.44. The largest absolute Gasteiger partial charge is 0.440 e. The van der Waals surface area contributed by atoms with E-state index in [1.165, 1.54) is 30.3 Å². The lowest BCUT2D eigenvalue weighted by Gasteiger charge is -2.07. The van der Waals surface area contributed by atoms with Crippen molar-refractivity contribution in [1.82, 2.24) is 0 Å². The van der Waals surface area contributed by atoms with Crippen molar-refractivity contribution in [3.05, 3.63) is 47.4 Å². The van der Waals surface area contributed by atoms with Crippen LogP contribution in [-0.2, 0) is 10.0 Å². The molecule has 0 bridgehead atoms. The first-order valence-corrected chi connectivity index (χ1v) is 6.99. The smallest absolute Gasteiger partial charge is 0.291 e. The van der Waals surface area contributed by atoms with Gasteiger partial charge in [-0.2, -0.15) is 0 Å². The highest BCUT2D eigenvalue weighted by molar-refractivity contribution is 7.89. The van der Waals surface area contributed by atoms with Gasteiger partial charge in [0.15, 0.2) is 11.0 Å². The molecule has 0 aliphatic rings. The minimum atomic E-state index is -3.93. The Kier molecular flexibility index (Phi) is 3.61. The fourth-order valence-corrected chi connectivity index (χ4v) is 2.28. The molecule has 0 fully saturated rings. The van der Waals surface area contributed by atoms with Gasteiger partial charge in [-0.05, 0) is 35.9 Å². The summed E-state index contributed by atoms with van der Waals surface area (Å²) in [6.07, 6.45) is 0. The molecule has 0 saturated carbocycles. The number of nitrogens with two attached hydrogens (primary N) is 1. The van der Waals surface area contributed by atoms with E-state index in [0.717, 1.165) is 0 Å². The number of anilines is 1. The van der Waals surface area contributed by atoms with Gasteiger partial charge in [0.05, 0.1) is 5.69 Å². The molecule has 0 unspecified atom stereocenters. The van der Waals surface area contributed by atoms with Crippen LogP contribution in [0.3, 0.4) is 0 Å². The SMILES string of the molecule is NS(=O)(=O)c1ccccc1NC(=O)c1ccc(Cl)o1. The van der Waals surface area contributed by atoms with E-state index >= 15 is 0 Å². The van der Waals surface area contributed by atoms with E-state index < -0.39 is 15.9 Å². The van der Waals surface area contributed by atoms with E-state index in [1.54, 1.807) is 6.07 Å². The number of hydrogen-bond donors (Lipinski definition) is 2. The number of carbonyl (C=O) groups is 1. The number of nitrogens with one attached hydrogen (secondary N) is 1. The molecule has 2 aromatic rings. The molecule has 0 spiro atoms. The minimum absolute atomic E-state index is 0.0331. The van der Waals surface area contributed by atoms with Crippen LogP contribution in [0.15, 0.2) is 45.7 Å². The third-order valence-corrected chi connectivity index (χ3v) is 3.41. The molecule has 0 aliphatic heterocycles. The van der Waals surface area contributed by atoms with Crippen LogP contribution in [0.4, 0.5) is 5.69 Å². The van der Waals surface area contributed by atoms with Crippen molar-refractivity contribution >= 4 is 33.2 Å². The zero-order valence-electron chi connectivity index (χ0n) is 9.46. The summed E-state index contributed by atoms with van der Waals surface area (Å²) in [5.41, 5.74) is 0.0718. The number of para-hydroxylation sites is 1. The molecule has 1 aromatic heterocycles. The molecule has 100 valence electrons. The number of halogens is 1. The van der Waals surface area contributed by atoms with Crippen LogP contribution < -0.4 is 10.5 Å². The first-order valence-electron chi connectivity index (χ1n) is 5.06. The Balaban J connectivity index is 2.32. The van der Waals surface area contributed by atoms with Gasteiger partial charge in [0.1, 0.15) is 4.90 Å². The molecule has 8 heteroatoms. The summed E-state index contributed by atoms with van der Waals surface area (Å²) in [6.45, 7) is 0. The van der Waals surface area contributed by atoms with Gasteiger partial charge < -0.3 is 9.73 Å². The Morgan fingerprint density at radius 1 is 1.21 bits per heavy atom. The van der Waals surface area contributed by atoms with Gasteiger partial charge in [0.2, 0.25) is 10.0 Å². The summed E-state index contributed by atoms with van der Waals surface area (Å²) in [6, 6.07) is 8.56. The number of rotatable bonds is 3. The fraction of sp³-hybridized carbons (Fsp3) is 0. The number of sulfonamides is 1. The summed E-state index contributed by atoms with van der Waals surface area (Å²) >= 11 is 5.55. The van der Waals surface area contributed by atoms with E-state index in [-0.39, 0.29) is 21.6 Å². The third-order valence-electron chi connectivity index (χ3n) is 2.24. The summed E-state index contributed by atoms with van der Waals surface area (Å²) < 4.78 is 27.6. The van der Waals surface area contributed by atoms with Crippen LogP contribution in [-0.4, -0.2) is 14.3 Å². The molecule has 2 rings (SSSR count). The van der Waals surface area contributed by atoms with Crippen LogP contribution in [0.5, 0.6) is 0 Å². The maximum absolute atomic E-state index is 11.8. The number of hydrogen-bond acceptors (Lipinski definition) is 4. The van der Waals surface area contributed by atoms with Gasteiger partial charge in [-0.3, -0.25) is 4.79 Å². The van der Waals surface area contributed by atoms with Gasteiger partial charge in [0, 0.05) is 0 Å². The molecule has 6 nitrogen and oxygen atoms in total. The first-order chi connectivity index (χ1) is 8.88. The van der Waals surface area contributed by atoms with Crippen molar-refractivity contribution in [1.29, 1.82) is 0 Å². The Morgan fingerprint density at radius 3 is 2.47 bits per heavy atom. The van der Waals surface area contributed by atoms with Crippen molar-refractivity contribution in [2.45, 2.75) is 4.90 Å². The second-order valence-corrected chi connectivity index (χ2v) is 5.50. The molecule has 1 amide bonds. The summed E-state index contributed by atoms with van der Waals surface area (Å²) in [7, 11) is -3.93. The van der Waals surface area contributed by atoms with Gasteiger partial charge in [-0.1, -0.05) is 12.1 Å². The molecule has 1 heterocycles. The molecular weight excluding hydrogens is 292 g/mol. The quantitative estimate of drug-likeness (QED) is 0.902. The predicted molar refractivity (Wildman–Crippen MR) is 69.5 cm³/mol. The average molecular weight is 301 g/mol. The highest BCUT2D eigenvalue weighted by Gasteiger charge is 2.17. The first kappa shape index (κ1) is 13.6. The molecule has 19 heavy (non-hydrogen) atoms. The number of carbonyl (C=O) groups excluding carboxylic acids is 1. The maximum atomic E-state index is 11.8. The van der Waals surface area contributed by atoms with Crippen molar-refractivity contribution in [2.24, 2.45) is 5.14 Å². The van der Waals surface area contributed by atoms with Crippen LogP contribution in [0.1, 0.15) is 10.6 Å². The number of primary sulfonamides is 1. The number of amides is 1. The molecule has 0 aliphatic carbocycles. The zero-order valence-corrected chi connectivity index (χ0v) is 11.0. The molecule has 1 aromatic carbocycles. The standard InChI is InChI=1S/C11H9ClN2O4S/c12-10-6-5-8(18-10)11(15)14-7-3-1-2-4-9(7)19(13,16)17/h1-6H,(H,14,15)(H2,13,16,17). The van der Waals surface area contributed by atoms with Crippen molar-refractivity contribution in [2.75, 3.05) is 5.32 Å². The number of benzene rings is 1. The second kappa shape index (κ2) is 5.04. The van der Waals surface area contributed by atoms with E-state index in [1.807, 2.05) is 0 Å². The van der Waals surface area contributed by atoms with Crippen LogP contribution in [0, 0.1) is 0 Å². The summed E-state index contributed by atoms with van der Waals surface area (Å²) in [5, 5.41) is 7.51. The van der Waals surface area contributed by atoms with Crippen molar-refractivity contribution in [3.8, 4) is 0 Å². The lowest BCUT2D eigenvalue weighted by atomic mass is 10.3. The highest BCUT2D eigenvalue weighted by Crippen LogP contribution is 2.21. The minimum Gasteiger partial charge on any atom is -0.440 e. The Labute approximate surface area is 114 Å². The predicted octanol–water partition coefficient (Wildman–Crippen LogP) is 1.83. The molecular formula is C11H9ClN2O4S. The van der Waals surface area contributed by atoms with Gasteiger partial charge in [-0.15, -0.1) is 0 Å². The van der Waals surface area contributed by atoms with Crippen molar-refractivity contribution < 1.29 is 17.6 Å². The Bertz CT molecular complexity index is 724. The van der Waals surface area contributed by atoms with Gasteiger partial charge in [0.25, 0.3) is 5.91 Å². The van der Waals surface area contributed by atoms with Gasteiger partial charge >= 0.3 is 0 Å². The van der Waals surface area contributed by atoms with Crippen LogP contribution in [0.25, 0.3) is 0 Å². The molecule has 3 N–H and O–H groups in total. The Morgan fingerprint density at radius 2 is 1.89 bits per heavy atom. The zero-order chi connectivity index (χ0) is 14.0. The van der Waals surface area contributed by atoms with Crippen LogP contribution >= 0.6 is 11.6 Å². The normalized spacial score (nSPS) is 11.3. The molecule has 0 radical (unpaired) electrons. The lowest BCUT2D eigenvalue weighted by Crippen LogP contribution is -2.18. The van der Waals surface area contributed by atoms with E-state index in [4.69, 9.17) is 21.2 Å². The van der Waals surface area contributed by atoms with Crippen molar-refractivity contribution in [3.63, 3.8) is 0 Å². The van der Waals surface area contributed by atoms with E-state index in [0.29, 0.717) is 0 Å². The number of furan rings is 1. The maximum Gasteiger partial charge on any atom is 0.291 e.